The molecule has 6 heteroatoms. The van der Waals surface area contributed by atoms with E-state index in [1.807, 2.05) is 0 Å². The topological polar surface area (TPSA) is 42.0 Å². The maximum atomic E-state index is 12.0. The minimum atomic E-state index is -0.340. The zero-order valence-corrected chi connectivity index (χ0v) is 11.9. The van der Waals surface area contributed by atoms with E-state index in [9.17, 15) is 4.79 Å². The lowest BCUT2D eigenvalue weighted by Gasteiger charge is -2.06. The van der Waals surface area contributed by atoms with Gasteiger partial charge in [-0.2, -0.15) is 0 Å². The van der Waals surface area contributed by atoms with Crippen LogP contribution in [0.5, 0.6) is 0 Å². The first-order chi connectivity index (χ1) is 9.10. The molecular formula is C13H9Cl3N2O. The number of carbonyl (C=O) groups excluding carboxylic acids is 1. The number of alkyl halides is 1. The normalized spacial score (nSPS) is 10.3. The van der Waals surface area contributed by atoms with Crippen molar-refractivity contribution >= 4 is 46.5 Å². The fourth-order valence-corrected chi connectivity index (χ4v) is 2.09. The molecule has 1 heterocycles. The van der Waals surface area contributed by atoms with E-state index < -0.39 is 0 Å². The summed E-state index contributed by atoms with van der Waals surface area (Å²) >= 11 is 17.4. The predicted molar refractivity (Wildman–Crippen MR) is 78.2 cm³/mol. The van der Waals surface area contributed by atoms with E-state index in [4.69, 9.17) is 34.8 Å². The van der Waals surface area contributed by atoms with Crippen LogP contribution < -0.4 is 5.32 Å². The molecule has 0 spiro atoms. The average molecular weight is 316 g/mol. The molecule has 0 atom stereocenters. The maximum Gasteiger partial charge on any atom is 0.258 e. The Hall–Kier alpha value is -1.29. The maximum absolute atomic E-state index is 12.0. The molecule has 0 radical (unpaired) electrons. The van der Waals surface area contributed by atoms with Gasteiger partial charge in [0.1, 0.15) is 5.82 Å². The average Bonchev–Trinajstić information content (AvgIpc) is 2.39. The van der Waals surface area contributed by atoms with Crippen molar-refractivity contribution < 1.29 is 4.79 Å². The number of anilines is 1. The first-order valence-corrected chi connectivity index (χ1v) is 6.66. The van der Waals surface area contributed by atoms with Crippen molar-refractivity contribution in [3.05, 3.63) is 57.7 Å². The standard InChI is InChI=1S/C13H9Cl3N2O/c14-6-8-1-4-12(17-7-8)18-13(19)10-3-2-9(15)5-11(10)16/h1-5,7H,6H2,(H,17,18,19). The number of halogens is 3. The van der Waals surface area contributed by atoms with Gasteiger partial charge in [0.25, 0.3) is 5.91 Å². The molecule has 1 aromatic heterocycles. The number of carbonyl (C=O) groups is 1. The van der Waals surface area contributed by atoms with Gasteiger partial charge in [0, 0.05) is 17.1 Å². The van der Waals surface area contributed by atoms with Crippen LogP contribution in [0.1, 0.15) is 15.9 Å². The van der Waals surface area contributed by atoms with Gasteiger partial charge in [-0.3, -0.25) is 4.79 Å². The number of rotatable bonds is 3. The molecule has 0 aliphatic heterocycles. The van der Waals surface area contributed by atoms with Gasteiger partial charge in [-0.15, -0.1) is 11.6 Å². The number of hydrogen-bond donors (Lipinski definition) is 1. The number of aromatic nitrogens is 1. The Kier molecular flexibility index (Phi) is 4.64. The second-order valence-corrected chi connectivity index (χ2v) is 4.87. The Morgan fingerprint density at radius 3 is 2.58 bits per heavy atom. The summed E-state index contributed by atoms with van der Waals surface area (Å²) in [6.07, 6.45) is 1.60. The van der Waals surface area contributed by atoms with Crippen molar-refractivity contribution in [1.29, 1.82) is 0 Å². The number of pyridine rings is 1. The van der Waals surface area contributed by atoms with Gasteiger partial charge in [-0.25, -0.2) is 4.98 Å². The SMILES string of the molecule is O=C(Nc1ccc(CCl)cn1)c1ccc(Cl)cc1Cl. The molecule has 0 fully saturated rings. The van der Waals surface area contributed by atoms with Crippen LogP contribution >= 0.6 is 34.8 Å². The zero-order valence-electron chi connectivity index (χ0n) is 9.66. The molecule has 0 aliphatic carbocycles. The summed E-state index contributed by atoms with van der Waals surface area (Å²) in [5.74, 6) is 0.474. The van der Waals surface area contributed by atoms with Gasteiger partial charge in [0.15, 0.2) is 0 Å². The summed E-state index contributed by atoms with van der Waals surface area (Å²) in [5, 5.41) is 3.42. The number of amides is 1. The highest BCUT2D eigenvalue weighted by Crippen LogP contribution is 2.21. The summed E-state index contributed by atoms with van der Waals surface area (Å²) in [6.45, 7) is 0. The molecule has 0 unspecified atom stereocenters. The Balaban J connectivity index is 2.15. The quantitative estimate of drug-likeness (QED) is 0.854. The number of hydrogen-bond acceptors (Lipinski definition) is 2. The van der Waals surface area contributed by atoms with Gasteiger partial charge in [0.2, 0.25) is 0 Å². The monoisotopic (exact) mass is 314 g/mol. The minimum Gasteiger partial charge on any atom is -0.307 e. The molecule has 1 aromatic carbocycles. The molecule has 1 amide bonds. The largest absolute Gasteiger partial charge is 0.307 e. The Bertz CT molecular complexity index is 599. The summed E-state index contributed by atoms with van der Waals surface area (Å²) in [6, 6.07) is 8.15. The van der Waals surface area contributed by atoms with Crippen molar-refractivity contribution in [3.8, 4) is 0 Å². The fraction of sp³-hybridized carbons (Fsp3) is 0.0769. The molecule has 0 saturated carbocycles. The predicted octanol–water partition coefficient (Wildman–Crippen LogP) is 4.38. The van der Waals surface area contributed by atoms with Crippen LogP contribution in [-0.2, 0) is 5.88 Å². The van der Waals surface area contributed by atoms with E-state index in [-0.39, 0.29) is 5.91 Å². The lowest BCUT2D eigenvalue weighted by Crippen LogP contribution is -2.13. The van der Waals surface area contributed by atoms with Gasteiger partial charge >= 0.3 is 0 Å². The van der Waals surface area contributed by atoms with E-state index in [2.05, 4.69) is 10.3 Å². The molecule has 0 aliphatic rings. The smallest absolute Gasteiger partial charge is 0.258 e. The third kappa shape index (κ3) is 3.60. The van der Waals surface area contributed by atoms with Crippen LogP contribution in [0.25, 0.3) is 0 Å². The summed E-state index contributed by atoms with van der Waals surface area (Å²) < 4.78 is 0. The third-order valence-electron chi connectivity index (χ3n) is 2.40. The number of benzene rings is 1. The lowest BCUT2D eigenvalue weighted by atomic mass is 10.2. The molecule has 98 valence electrons. The van der Waals surface area contributed by atoms with Crippen LogP contribution in [0.15, 0.2) is 36.5 Å². The summed E-state index contributed by atoms with van der Waals surface area (Å²) in [4.78, 5) is 16.1. The molecule has 0 bridgehead atoms. The van der Waals surface area contributed by atoms with Crippen molar-refractivity contribution in [1.82, 2.24) is 4.98 Å². The Labute approximate surface area is 125 Å². The first kappa shape index (κ1) is 14.1. The van der Waals surface area contributed by atoms with Gasteiger partial charge in [-0.1, -0.05) is 29.3 Å². The van der Waals surface area contributed by atoms with Crippen LogP contribution in [-0.4, -0.2) is 10.9 Å². The van der Waals surface area contributed by atoms with Crippen LogP contribution in [0.2, 0.25) is 10.0 Å². The van der Waals surface area contributed by atoms with Gasteiger partial charge < -0.3 is 5.32 Å². The minimum absolute atomic E-state index is 0.294. The van der Waals surface area contributed by atoms with Crippen molar-refractivity contribution in [2.24, 2.45) is 0 Å². The highest BCUT2D eigenvalue weighted by atomic mass is 35.5. The van der Waals surface area contributed by atoms with Crippen LogP contribution in [0.3, 0.4) is 0 Å². The molecule has 1 N–H and O–H groups in total. The van der Waals surface area contributed by atoms with E-state index in [1.54, 1.807) is 30.5 Å². The van der Waals surface area contributed by atoms with Crippen LogP contribution in [0.4, 0.5) is 5.82 Å². The fourth-order valence-electron chi connectivity index (χ4n) is 1.43. The van der Waals surface area contributed by atoms with E-state index in [0.29, 0.717) is 27.3 Å². The molecule has 0 saturated heterocycles. The van der Waals surface area contributed by atoms with Crippen molar-refractivity contribution in [3.63, 3.8) is 0 Å². The van der Waals surface area contributed by atoms with Crippen molar-refractivity contribution in [2.45, 2.75) is 5.88 Å². The third-order valence-corrected chi connectivity index (χ3v) is 3.25. The van der Waals surface area contributed by atoms with E-state index >= 15 is 0 Å². The summed E-state index contributed by atoms with van der Waals surface area (Å²) in [5.41, 5.74) is 1.22. The van der Waals surface area contributed by atoms with Gasteiger partial charge in [-0.05, 0) is 29.8 Å². The number of nitrogens with zero attached hydrogens (tertiary/aromatic N) is 1. The molecule has 19 heavy (non-hydrogen) atoms. The molecule has 2 aromatic rings. The Morgan fingerprint density at radius 2 is 2.00 bits per heavy atom. The molecule has 3 nitrogen and oxygen atoms in total. The van der Waals surface area contributed by atoms with Crippen molar-refractivity contribution in [2.75, 3.05) is 5.32 Å². The van der Waals surface area contributed by atoms with Gasteiger partial charge in [0.05, 0.1) is 10.6 Å². The highest BCUT2D eigenvalue weighted by Gasteiger charge is 2.11. The first-order valence-electron chi connectivity index (χ1n) is 5.37. The zero-order chi connectivity index (χ0) is 13.8. The second-order valence-electron chi connectivity index (χ2n) is 3.76. The Morgan fingerprint density at radius 1 is 1.21 bits per heavy atom. The molecular weight excluding hydrogens is 307 g/mol. The number of nitrogens with one attached hydrogen (secondary N) is 1. The molecule has 2 rings (SSSR count). The lowest BCUT2D eigenvalue weighted by molar-refractivity contribution is 0.102. The van der Waals surface area contributed by atoms with Crippen LogP contribution in [0, 0.1) is 0 Å². The highest BCUT2D eigenvalue weighted by molar-refractivity contribution is 6.37. The second kappa shape index (κ2) is 6.24. The van der Waals surface area contributed by atoms with E-state index in [1.165, 1.54) is 6.07 Å². The summed E-state index contributed by atoms with van der Waals surface area (Å²) in [7, 11) is 0. The van der Waals surface area contributed by atoms with E-state index in [0.717, 1.165) is 5.56 Å².